The van der Waals surface area contributed by atoms with E-state index in [1.807, 2.05) is 24.3 Å². The fourth-order valence-electron chi connectivity index (χ4n) is 1.47. The highest BCUT2D eigenvalue weighted by atomic mass is 35.5. The predicted octanol–water partition coefficient (Wildman–Crippen LogP) is 2.25. The maximum atomic E-state index is 5.46. The molecule has 0 unspecified atom stereocenters. The second kappa shape index (κ2) is 10.9. The molecular weight excluding hydrogens is 250 g/mol. The van der Waals surface area contributed by atoms with E-state index in [1.165, 1.54) is 0 Å². The maximum Gasteiger partial charge on any atom is 0.148 e. The Morgan fingerprint density at radius 3 is 2.83 bits per heavy atom. The molecule has 0 fully saturated rings. The fraction of sp³-hybridized carbons (Fsp3) is 0.429. The van der Waals surface area contributed by atoms with Crippen LogP contribution >= 0.6 is 12.4 Å². The second-order valence-corrected chi connectivity index (χ2v) is 3.62. The highest BCUT2D eigenvalue weighted by Crippen LogP contribution is 2.17. The van der Waals surface area contributed by atoms with Gasteiger partial charge in [0.2, 0.25) is 0 Å². The first-order chi connectivity index (χ1) is 8.38. The molecule has 0 aromatic heterocycles. The Hall–Kier alpha value is -1.21. The van der Waals surface area contributed by atoms with E-state index in [0.717, 1.165) is 37.4 Å². The van der Waals surface area contributed by atoms with E-state index in [0.29, 0.717) is 6.61 Å². The van der Waals surface area contributed by atoms with Crippen LogP contribution in [0.4, 0.5) is 0 Å². The van der Waals surface area contributed by atoms with Crippen molar-refractivity contribution in [3.8, 4) is 18.1 Å². The number of nitrogens with one attached hydrogen (secondary N) is 1. The molecule has 0 amide bonds. The fourth-order valence-corrected chi connectivity index (χ4v) is 1.47. The van der Waals surface area contributed by atoms with Crippen molar-refractivity contribution >= 4 is 12.4 Å². The van der Waals surface area contributed by atoms with Gasteiger partial charge in [0, 0.05) is 25.8 Å². The van der Waals surface area contributed by atoms with Crippen LogP contribution in [-0.2, 0) is 11.3 Å². The summed E-state index contributed by atoms with van der Waals surface area (Å²) in [5.41, 5.74) is 1.13. The van der Waals surface area contributed by atoms with Gasteiger partial charge in [-0.3, -0.25) is 0 Å². The topological polar surface area (TPSA) is 30.5 Å². The van der Waals surface area contributed by atoms with Gasteiger partial charge in [-0.1, -0.05) is 24.1 Å². The molecule has 0 radical (unpaired) electrons. The Labute approximate surface area is 115 Å². The Morgan fingerprint density at radius 2 is 2.11 bits per heavy atom. The van der Waals surface area contributed by atoms with Gasteiger partial charge in [0.15, 0.2) is 0 Å². The van der Waals surface area contributed by atoms with Crippen molar-refractivity contribution in [1.29, 1.82) is 0 Å². The molecule has 4 heteroatoms. The van der Waals surface area contributed by atoms with Crippen molar-refractivity contribution in [2.45, 2.75) is 13.0 Å². The molecule has 0 aliphatic rings. The number of rotatable bonds is 8. The summed E-state index contributed by atoms with van der Waals surface area (Å²) in [4.78, 5) is 0. The zero-order valence-electron chi connectivity index (χ0n) is 10.6. The van der Waals surface area contributed by atoms with Crippen LogP contribution in [0.1, 0.15) is 12.0 Å². The lowest BCUT2D eigenvalue weighted by molar-refractivity contribution is 0.194. The van der Waals surface area contributed by atoms with E-state index < -0.39 is 0 Å². The number of ether oxygens (including phenoxy) is 2. The zero-order chi connectivity index (χ0) is 12.3. The van der Waals surface area contributed by atoms with Crippen molar-refractivity contribution in [3.05, 3.63) is 29.8 Å². The molecule has 100 valence electrons. The van der Waals surface area contributed by atoms with E-state index in [2.05, 4.69) is 11.2 Å². The van der Waals surface area contributed by atoms with Crippen molar-refractivity contribution in [2.24, 2.45) is 0 Å². The van der Waals surface area contributed by atoms with Gasteiger partial charge in [-0.25, -0.2) is 0 Å². The summed E-state index contributed by atoms with van der Waals surface area (Å²) in [6.07, 6.45) is 6.18. The molecule has 0 aliphatic carbocycles. The minimum absolute atomic E-state index is 0. The highest BCUT2D eigenvalue weighted by molar-refractivity contribution is 5.85. The first-order valence-corrected chi connectivity index (χ1v) is 5.72. The maximum absolute atomic E-state index is 5.46. The lowest BCUT2D eigenvalue weighted by Gasteiger charge is -2.10. The first-order valence-electron chi connectivity index (χ1n) is 5.72. The standard InChI is InChI=1S/C14H19NO2.ClH/c1-3-10-17-14-8-5-4-7-13(14)12-15-9-6-11-16-2;/h1,4-5,7-8,15H,6,9-12H2,2H3;1H. The molecule has 3 nitrogen and oxygen atoms in total. The summed E-state index contributed by atoms with van der Waals surface area (Å²) in [5, 5.41) is 3.34. The van der Waals surface area contributed by atoms with Gasteiger partial charge >= 0.3 is 0 Å². The van der Waals surface area contributed by atoms with E-state index in [4.69, 9.17) is 15.9 Å². The Morgan fingerprint density at radius 1 is 1.33 bits per heavy atom. The number of terminal acetylenes is 1. The minimum Gasteiger partial charge on any atom is -0.481 e. The zero-order valence-corrected chi connectivity index (χ0v) is 11.5. The summed E-state index contributed by atoms with van der Waals surface area (Å²) >= 11 is 0. The van der Waals surface area contributed by atoms with E-state index in [1.54, 1.807) is 7.11 Å². The molecule has 1 rings (SSSR count). The van der Waals surface area contributed by atoms with Crippen molar-refractivity contribution in [3.63, 3.8) is 0 Å². The van der Waals surface area contributed by atoms with E-state index in [9.17, 15) is 0 Å². The van der Waals surface area contributed by atoms with Crippen molar-refractivity contribution < 1.29 is 9.47 Å². The average Bonchev–Trinajstić information content (AvgIpc) is 2.37. The second-order valence-electron chi connectivity index (χ2n) is 3.62. The van der Waals surface area contributed by atoms with Crippen LogP contribution in [0, 0.1) is 12.3 Å². The molecule has 0 aliphatic heterocycles. The van der Waals surface area contributed by atoms with Crippen LogP contribution in [0.2, 0.25) is 0 Å². The number of hydrogen-bond donors (Lipinski definition) is 1. The van der Waals surface area contributed by atoms with Crippen LogP contribution in [0.15, 0.2) is 24.3 Å². The number of methoxy groups -OCH3 is 1. The van der Waals surface area contributed by atoms with Crippen molar-refractivity contribution in [2.75, 3.05) is 26.9 Å². The third-order valence-electron chi connectivity index (χ3n) is 2.30. The third kappa shape index (κ3) is 6.51. The van der Waals surface area contributed by atoms with E-state index >= 15 is 0 Å². The van der Waals surface area contributed by atoms with Gasteiger partial charge in [0.1, 0.15) is 12.4 Å². The summed E-state index contributed by atoms with van der Waals surface area (Å²) in [6, 6.07) is 7.91. The molecule has 0 heterocycles. The lowest BCUT2D eigenvalue weighted by atomic mass is 10.2. The molecule has 0 saturated carbocycles. The molecule has 0 spiro atoms. The number of benzene rings is 1. The van der Waals surface area contributed by atoms with Crippen LogP contribution in [0.5, 0.6) is 5.75 Å². The van der Waals surface area contributed by atoms with Gasteiger partial charge in [-0.05, 0) is 19.0 Å². The van der Waals surface area contributed by atoms with Gasteiger partial charge < -0.3 is 14.8 Å². The van der Waals surface area contributed by atoms with Gasteiger partial charge in [0.25, 0.3) is 0 Å². The van der Waals surface area contributed by atoms with Crippen LogP contribution in [0.3, 0.4) is 0 Å². The van der Waals surface area contributed by atoms with Crippen molar-refractivity contribution in [1.82, 2.24) is 5.32 Å². The quantitative estimate of drug-likeness (QED) is 0.580. The SMILES string of the molecule is C#CCOc1ccccc1CNCCCOC.Cl. The smallest absolute Gasteiger partial charge is 0.148 e. The number of halogens is 1. The highest BCUT2D eigenvalue weighted by Gasteiger charge is 2.01. The molecule has 1 aromatic carbocycles. The molecule has 1 N–H and O–H groups in total. The molecule has 1 aromatic rings. The largest absolute Gasteiger partial charge is 0.481 e. The predicted molar refractivity (Wildman–Crippen MR) is 76.2 cm³/mol. The molecular formula is C14H20ClNO2. The molecule has 0 atom stereocenters. The normalized spacial score (nSPS) is 9.33. The van der Waals surface area contributed by atoms with Gasteiger partial charge in [0.05, 0.1) is 0 Å². The number of para-hydroxylation sites is 1. The Kier molecular flexibility index (Phi) is 10.2. The summed E-state index contributed by atoms with van der Waals surface area (Å²) in [7, 11) is 1.71. The Balaban J connectivity index is 0.00000289. The average molecular weight is 270 g/mol. The third-order valence-corrected chi connectivity index (χ3v) is 2.30. The van der Waals surface area contributed by atoms with Crippen LogP contribution in [0.25, 0.3) is 0 Å². The lowest BCUT2D eigenvalue weighted by Crippen LogP contribution is -2.16. The molecule has 0 bridgehead atoms. The summed E-state index contributed by atoms with van der Waals surface area (Å²) in [6.45, 7) is 2.80. The molecule has 18 heavy (non-hydrogen) atoms. The first kappa shape index (κ1) is 16.8. The monoisotopic (exact) mass is 269 g/mol. The van der Waals surface area contributed by atoms with E-state index in [-0.39, 0.29) is 12.4 Å². The number of hydrogen-bond acceptors (Lipinski definition) is 3. The minimum atomic E-state index is 0. The summed E-state index contributed by atoms with van der Waals surface area (Å²) < 4.78 is 10.4. The van der Waals surface area contributed by atoms with Gasteiger partial charge in [-0.15, -0.1) is 18.8 Å². The Bertz CT molecular complexity index is 363. The van der Waals surface area contributed by atoms with Crippen LogP contribution in [-0.4, -0.2) is 26.9 Å². The molecule has 0 saturated heterocycles. The summed E-state index contributed by atoms with van der Waals surface area (Å²) in [5.74, 6) is 3.32. The van der Waals surface area contributed by atoms with Gasteiger partial charge in [-0.2, -0.15) is 0 Å². The van der Waals surface area contributed by atoms with Crippen LogP contribution < -0.4 is 10.1 Å².